The number of hydrogen-bond acceptors (Lipinski definition) is 3. The summed E-state index contributed by atoms with van der Waals surface area (Å²) < 4.78 is 11.6. The first-order chi connectivity index (χ1) is 12.2. The molecular formula is C21H29BrO3Si. The van der Waals surface area contributed by atoms with Crippen LogP contribution in [0.4, 0.5) is 0 Å². The van der Waals surface area contributed by atoms with Gasteiger partial charge in [-0.05, 0) is 37.4 Å². The third-order valence-electron chi connectivity index (χ3n) is 4.70. The molecule has 2 rings (SSSR count). The maximum atomic E-state index is 12.4. The van der Waals surface area contributed by atoms with Crippen molar-refractivity contribution >= 4 is 36.0 Å². The molecule has 26 heavy (non-hydrogen) atoms. The highest BCUT2D eigenvalue weighted by Gasteiger charge is 2.32. The number of benzene rings is 1. The molecule has 3 nitrogen and oxygen atoms in total. The highest BCUT2D eigenvalue weighted by atomic mass is 79.9. The number of hydrogen-bond donors (Lipinski definition) is 0. The summed E-state index contributed by atoms with van der Waals surface area (Å²) in [5.74, 6) is 0.420. The van der Waals surface area contributed by atoms with Crippen LogP contribution in [0.5, 0.6) is 5.75 Å². The number of alkyl halides is 1. The minimum absolute atomic E-state index is 0.274. The van der Waals surface area contributed by atoms with Crippen molar-refractivity contribution in [2.75, 3.05) is 11.9 Å². The molecule has 0 bridgehead atoms. The summed E-state index contributed by atoms with van der Waals surface area (Å²) in [4.78, 5) is 12.4. The summed E-state index contributed by atoms with van der Waals surface area (Å²) in [5.41, 5.74) is 5.96. The number of carbonyl (C=O) groups is 1. The zero-order valence-electron chi connectivity index (χ0n) is 16.5. The predicted octanol–water partition coefficient (Wildman–Crippen LogP) is 5.91. The molecule has 0 radical (unpaired) electrons. The number of ether oxygens (including phenoxy) is 2. The highest BCUT2D eigenvalue weighted by Crippen LogP contribution is 2.39. The van der Waals surface area contributed by atoms with Crippen LogP contribution in [0, 0.1) is 6.92 Å². The minimum atomic E-state index is -1.23. The predicted molar refractivity (Wildman–Crippen MR) is 115 cm³/mol. The summed E-state index contributed by atoms with van der Waals surface area (Å²) in [5, 5.41) is 0.828. The van der Waals surface area contributed by atoms with E-state index >= 15 is 0 Å². The molecule has 142 valence electrons. The molecule has 0 unspecified atom stereocenters. The Labute approximate surface area is 166 Å². The van der Waals surface area contributed by atoms with E-state index in [9.17, 15) is 4.79 Å². The summed E-state index contributed by atoms with van der Waals surface area (Å²) >= 11 is 3.49. The molecule has 1 aromatic rings. The van der Waals surface area contributed by atoms with Crippen LogP contribution >= 0.6 is 15.9 Å². The van der Waals surface area contributed by atoms with E-state index in [1.54, 1.807) is 0 Å². The van der Waals surface area contributed by atoms with Gasteiger partial charge in [0.05, 0.1) is 6.61 Å². The fourth-order valence-electron chi connectivity index (χ4n) is 3.02. The number of esters is 1. The number of cyclic esters (lactones) is 1. The van der Waals surface area contributed by atoms with Gasteiger partial charge in [-0.1, -0.05) is 59.9 Å². The van der Waals surface area contributed by atoms with E-state index < -0.39 is 8.07 Å². The van der Waals surface area contributed by atoms with Gasteiger partial charge < -0.3 is 9.47 Å². The Balaban J connectivity index is 2.54. The Kier molecular flexibility index (Phi) is 6.91. The van der Waals surface area contributed by atoms with E-state index in [0.29, 0.717) is 30.9 Å². The second-order valence-corrected chi connectivity index (χ2v) is 14.2. The van der Waals surface area contributed by atoms with Gasteiger partial charge in [0, 0.05) is 24.5 Å². The van der Waals surface area contributed by atoms with Gasteiger partial charge in [-0.25, -0.2) is 4.79 Å². The molecule has 0 aromatic heterocycles. The Morgan fingerprint density at radius 3 is 2.65 bits per heavy atom. The van der Waals surface area contributed by atoms with Gasteiger partial charge >= 0.3 is 5.97 Å². The number of halogens is 1. The minimum Gasteiger partial charge on any atom is -0.493 e. The third kappa shape index (κ3) is 4.68. The zero-order chi connectivity index (χ0) is 19.5. The highest BCUT2D eigenvalue weighted by molar-refractivity contribution is 9.09. The van der Waals surface area contributed by atoms with Crippen LogP contribution in [-0.4, -0.2) is 26.0 Å². The lowest BCUT2D eigenvalue weighted by Crippen LogP contribution is -2.23. The number of carbonyl (C=O) groups excluding carboxylic acids is 1. The van der Waals surface area contributed by atoms with E-state index in [2.05, 4.69) is 55.1 Å². The smallest absolute Gasteiger partial charge is 0.342 e. The van der Waals surface area contributed by atoms with Crippen LogP contribution in [0.15, 0.2) is 18.2 Å². The van der Waals surface area contributed by atoms with Crippen molar-refractivity contribution in [1.29, 1.82) is 0 Å². The van der Waals surface area contributed by atoms with Crippen molar-refractivity contribution in [2.45, 2.75) is 52.6 Å². The van der Waals surface area contributed by atoms with Crippen LogP contribution in [0.3, 0.4) is 0 Å². The van der Waals surface area contributed by atoms with E-state index in [4.69, 9.17) is 9.47 Å². The molecule has 5 heteroatoms. The summed E-state index contributed by atoms with van der Waals surface area (Å²) in [6.07, 6.45) is 4.76. The lowest BCUT2D eigenvalue weighted by molar-refractivity contribution is 0.0532. The molecule has 0 amide bonds. The normalized spacial score (nSPS) is 14.2. The van der Waals surface area contributed by atoms with Gasteiger partial charge in [0.2, 0.25) is 0 Å². The van der Waals surface area contributed by atoms with Gasteiger partial charge in [0.15, 0.2) is 0 Å². The lowest BCUT2D eigenvalue weighted by Gasteiger charge is -2.21. The standard InChI is InChI=1S/C21H29BrO3Si/c1-7-16-15(3)18-13-25-21(23)19(18)20(24-10-11-26(4,5)6)17(16)9-8-14(2)12-22/h7-8H,1,9-13H2,2-6H3. The van der Waals surface area contributed by atoms with Gasteiger partial charge in [0.25, 0.3) is 0 Å². The first-order valence-electron chi connectivity index (χ1n) is 9.02. The summed E-state index contributed by atoms with van der Waals surface area (Å²) in [6.45, 7) is 16.0. The second-order valence-electron chi connectivity index (χ2n) is 8.03. The van der Waals surface area contributed by atoms with Gasteiger partial charge in [-0.3, -0.25) is 0 Å². The van der Waals surface area contributed by atoms with Crippen molar-refractivity contribution < 1.29 is 14.3 Å². The molecule has 0 saturated carbocycles. The van der Waals surface area contributed by atoms with Gasteiger partial charge in [-0.2, -0.15) is 0 Å². The van der Waals surface area contributed by atoms with E-state index in [1.807, 2.05) is 13.0 Å². The Hall–Kier alpha value is -1.33. The van der Waals surface area contributed by atoms with Gasteiger partial charge in [-0.15, -0.1) is 0 Å². The first-order valence-corrected chi connectivity index (χ1v) is 13.8. The fourth-order valence-corrected chi connectivity index (χ4v) is 3.96. The Bertz CT molecular complexity index is 745. The average Bonchev–Trinajstić information content (AvgIpc) is 2.96. The maximum Gasteiger partial charge on any atom is 0.342 e. The van der Waals surface area contributed by atoms with Gasteiger partial charge in [0.1, 0.15) is 17.9 Å². The van der Waals surface area contributed by atoms with Crippen molar-refractivity contribution in [2.24, 2.45) is 0 Å². The molecule has 1 aliphatic rings. The van der Waals surface area contributed by atoms with Crippen LogP contribution in [0.25, 0.3) is 6.08 Å². The molecule has 0 saturated heterocycles. The summed E-state index contributed by atoms with van der Waals surface area (Å²) in [6, 6.07) is 1.05. The maximum absolute atomic E-state index is 12.4. The molecule has 0 aliphatic carbocycles. The van der Waals surface area contributed by atoms with Crippen LogP contribution < -0.4 is 4.74 Å². The molecule has 0 atom stereocenters. The van der Waals surface area contributed by atoms with Crippen molar-refractivity contribution in [3.05, 3.63) is 46.0 Å². The largest absolute Gasteiger partial charge is 0.493 e. The molecule has 1 aromatic carbocycles. The molecule has 1 aliphatic heterocycles. The van der Waals surface area contributed by atoms with Crippen LogP contribution in [-0.2, 0) is 17.8 Å². The number of allylic oxidation sites excluding steroid dienone is 2. The number of rotatable bonds is 8. The molecule has 1 heterocycles. The quantitative estimate of drug-likeness (QED) is 0.220. The monoisotopic (exact) mass is 436 g/mol. The molecular weight excluding hydrogens is 408 g/mol. The third-order valence-corrected chi connectivity index (χ3v) is 7.29. The summed E-state index contributed by atoms with van der Waals surface area (Å²) in [7, 11) is -1.23. The SMILES string of the molecule is C=Cc1c(C)c2c(c(OCC[Si](C)(C)C)c1CC=C(C)CBr)C(=O)OC2. The molecule has 0 fully saturated rings. The Morgan fingerprint density at radius 2 is 2.08 bits per heavy atom. The molecule has 0 N–H and O–H groups in total. The Morgan fingerprint density at radius 1 is 1.38 bits per heavy atom. The fraction of sp³-hybridized carbons (Fsp3) is 0.476. The topological polar surface area (TPSA) is 35.5 Å². The van der Waals surface area contributed by atoms with Crippen molar-refractivity contribution in [3.8, 4) is 5.75 Å². The second kappa shape index (κ2) is 8.57. The molecule has 0 spiro atoms. The van der Waals surface area contributed by atoms with E-state index in [0.717, 1.165) is 33.6 Å². The lowest BCUT2D eigenvalue weighted by atomic mass is 9.90. The van der Waals surface area contributed by atoms with Crippen LogP contribution in [0.2, 0.25) is 25.7 Å². The first kappa shape index (κ1) is 21.0. The van der Waals surface area contributed by atoms with E-state index in [-0.39, 0.29) is 5.97 Å². The van der Waals surface area contributed by atoms with Crippen molar-refractivity contribution in [3.63, 3.8) is 0 Å². The number of fused-ring (bicyclic) bond motifs is 1. The zero-order valence-corrected chi connectivity index (χ0v) is 19.1. The average molecular weight is 437 g/mol. The van der Waals surface area contributed by atoms with E-state index in [1.165, 1.54) is 5.57 Å². The van der Waals surface area contributed by atoms with Crippen molar-refractivity contribution in [1.82, 2.24) is 0 Å². The van der Waals surface area contributed by atoms with Crippen LogP contribution in [0.1, 0.15) is 39.5 Å².